The molecule has 0 aliphatic rings. The predicted molar refractivity (Wildman–Crippen MR) is 55.5 cm³/mol. The van der Waals surface area contributed by atoms with Gasteiger partial charge in [-0.2, -0.15) is 5.26 Å². The minimum Gasteiger partial charge on any atom is -0.381 e. The van der Waals surface area contributed by atoms with Crippen LogP contribution >= 0.6 is 11.6 Å². The number of halogens is 1. The number of nitrogens with two attached hydrogens (primary N) is 1. The summed E-state index contributed by atoms with van der Waals surface area (Å²) in [6.45, 7) is 0. The minimum absolute atomic E-state index is 0.253. The molecule has 0 bridgehead atoms. The van der Waals surface area contributed by atoms with Gasteiger partial charge in [0, 0.05) is 6.20 Å². The summed E-state index contributed by atoms with van der Waals surface area (Å²) < 4.78 is 1.46. The van der Waals surface area contributed by atoms with Crippen LogP contribution in [-0.4, -0.2) is 14.8 Å². The molecule has 2 N–H and O–H groups in total. The molecule has 2 aromatic heterocycles. The van der Waals surface area contributed by atoms with Crippen molar-refractivity contribution in [2.45, 2.75) is 0 Å². The number of nitrogens with zero attached hydrogens (tertiary/aromatic N) is 4. The Kier molecular flexibility index (Phi) is 2.27. The molecule has 0 aliphatic heterocycles. The van der Waals surface area contributed by atoms with E-state index in [1.165, 1.54) is 10.9 Å². The van der Waals surface area contributed by atoms with Crippen molar-refractivity contribution in [1.29, 1.82) is 5.26 Å². The van der Waals surface area contributed by atoms with Gasteiger partial charge in [-0.15, -0.1) is 5.10 Å². The fourth-order valence-corrected chi connectivity index (χ4v) is 1.20. The van der Waals surface area contributed by atoms with Crippen molar-refractivity contribution in [3.05, 3.63) is 35.1 Å². The highest BCUT2D eigenvalue weighted by Crippen LogP contribution is 2.17. The van der Waals surface area contributed by atoms with Crippen LogP contribution in [0.1, 0.15) is 5.56 Å². The SMILES string of the molecule is N#Cc1ccc(-n2cc(Cl)c(N)n2)nc1. The number of rotatable bonds is 1. The maximum Gasteiger partial charge on any atom is 0.164 e. The molecule has 0 radical (unpaired) electrons. The second-order valence-electron chi connectivity index (χ2n) is 2.82. The van der Waals surface area contributed by atoms with Crippen LogP contribution in [0.3, 0.4) is 0 Å². The average molecular weight is 220 g/mol. The molecule has 15 heavy (non-hydrogen) atoms. The molecule has 2 heterocycles. The Morgan fingerprint density at radius 1 is 1.47 bits per heavy atom. The summed E-state index contributed by atoms with van der Waals surface area (Å²) >= 11 is 5.75. The maximum absolute atomic E-state index is 8.59. The van der Waals surface area contributed by atoms with E-state index in [9.17, 15) is 0 Å². The molecule has 0 atom stereocenters. The molecular weight excluding hydrogens is 214 g/mol. The second kappa shape index (κ2) is 3.59. The summed E-state index contributed by atoms with van der Waals surface area (Å²) in [6.07, 6.45) is 3.02. The van der Waals surface area contributed by atoms with Gasteiger partial charge in [-0.05, 0) is 12.1 Å². The quantitative estimate of drug-likeness (QED) is 0.786. The molecule has 0 saturated heterocycles. The first kappa shape index (κ1) is 9.49. The van der Waals surface area contributed by atoms with E-state index in [-0.39, 0.29) is 5.82 Å². The number of aromatic nitrogens is 3. The molecule has 74 valence electrons. The van der Waals surface area contributed by atoms with Crippen molar-refractivity contribution in [3.8, 4) is 11.9 Å². The molecule has 0 aliphatic carbocycles. The number of pyridine rings is 1. The Bertz CT molecular complexity index is 503. The minimum atomic E-state index is 0.253. The fourth-order valence-electron chi connectivity index (χ4n) is 1.07. The Morgan fingerprint density at radius 3 is 2.73 bits per heavy atom. The molecule has 0 fully saturated rings. The second-order valence-corrected chi connectivity index (χ2v) is 3.23. The first-order chi connectivity index (χ1) is 7.20. The Labute approximate surface area is 90.7 Å². The zero-order valence-electron chi connectivity index (χ0n) is 7.55. The highest BCUT2D eigenvalue weighted by molar-refractivity contribution is 6.32. The highest BCUT2D eigenvalue weighted by atomic mass is 35.5. The smallest absolute Gasteiger partial charge is 0.164 e. The van der Waals surface area contributed by atoms with Gasteiger partial charge >= 0.3 is 0 Å². The normalized spacial score (nSPS) is 9.87. The van der Waals surface area contributed by atoms with E-state index in [2.05, 4.69) is 10.1 Å². The molecular formula is C9H6ClN5. The first-order valence-electron chi connectivity index (χ1n) is 4.08. The summed E-state index contributed by atoms with van der Waals surface area (Å²) in [5.74, 6) is 0.815. The van der Waals surface area contributed by atoms with Crippen molar-refractivity contribution in [2.24, 2.45) is 0 Å². The van der Waals surface area contributed by atoms with Crippen LogP contribution in [0.25, 0.3) is 5.82 Å². The van der Waals surface area contributed by atoms with Crippen LogP contribution in [0.5, 0.6) is 0 Å². The topological polar surface area (TPSA) is 80.5 Å². The lowest BCUT2D eigenvalue weighted by Gasteiger charge is -1.98. The van der Waals surface area contributed by atoms with E-state index < -0.39 is 0 Å². The largest absolute Gasteiger partial charge is 0.381 e. The summed E-state index contributed by atoms with van der Waals surface area (Å²) in [4.78, 5) is 4.04. The van der Waals surface area contributed by atoms with Gasteiger partial charge < -0.3 is 5.73 Å². The summed E-state index contributed by atoms with van der Waals surface area (Å²) in [7, 11) is 0. The van der Waals surface area contributed by atoms with Gasteiger partial charge in [0.2, 0.25) is 0 Å². The van der Waals surface area contributed by atoms with Gasteiger partial charge in [-0.1, -0.05) is 11.6 Å². The molecule has 2 aromatic rings. The van der Waals surface area contributed by atoms with Crippen LogP contribution in [0.2, 0.25) is 5.02 Å². The lowest BCUT2D eigenvalue weighted by atomic mass is 10.3. The van der Waals surface area contributed by atoms with Gasteiger partial charge in [-0.25, -0.2) is 9.67 Å². The number of nitrogen functional groups attached to an aromatic ring is 1. The first-order valence-corrected chi connectivity index (χ1v) is 4.45. The molecule has 0 spiro atoms. The zero-order valence-corrected chi connectivity index (χ0v) is 8.31. The third kappa shape index (κ3) is 1.75. The van der Waals surface area contributed by atoms with Crippen LogP contribution in [0, 0.1) is 11.3 Å². The van der Waals surface area contributed by atoms with E-state index in [4.69, 9.17) is 22.6 Å². The van der Waals surface area contributed by atoms with E-state index in [0.29, 0.717) is 16.4 Å². The zero-order chi connectivity index (χ0) is 10.8. The number of hydrogen-bond donors (Lipinski definition) is 1. The molecule has 0 amide bonds. The van der Waals surface area contributed by atoms with Crippen molar-refractivity contribution in [3.63, 3.8) is 0 Å². The van der Waals surface area contributed by atoms with Crippen molar-refractivity contribution < 1.29 is 0 Å². The summed E-state index contributed by atoms with van der Waals surface area (Å²) in [5, 5.41) is 12.9. The lowest BCUT2D eigenvalue weighted by molar-refractivity contribution is 0.851. The Hall–Kier alpha value is -2.06. The van der Waals surface area contributed by atoms with Crippen molar-refractivity contribution >= 4 is 17.4 Å². The number of hydrogen-bond acceptors (Lipinski definition) is 4. The van der Waals surface area contributed by atoms with Crippen LogP contribution in [0.4, 0.5) is 5.82 Å². The van der Waals surface area contributed by atoms with E-state index in [1.54, 1.807) is 18.3 Å². The van der Waals surface area contributed by atoms with Gasteiger partial charge in [-0.3, -0.25) is 0 Å². The van der Waals surface area contributed by atoms with Gasteiger partial charge in [0.05, 0.1) is 11.8 Å². The number of anilines is 1. The molecule has 0 aromatic carbocycles. The molecule has 0 unspecified atom stereocenters. The Balaban J connectivity index is 2.42. The van der Waals surface area contributed by atoms with Crippen LogP contribution in [0.15, 0.2) is 24.5 Å². The van der Waals surface area contributed by atoms with Crippen molar-refractivity contribution in [2.75, 3.05) is 5.73 Å². The van der Waals surface area contributed by atoms with E-state index >= 15 is 0 Å². The summed E-state index contributed by atoms with van der Waals surface area (Å²) in [5.41, 5.74) is 5.98. The van der Waals surface area contributed by atoms with Crippen molar-refractivity contribution in [1.82, 2.24) is 14.8 Å². The summed E-state index contributed by atoms with van der Waals surface area (Å²) in [6, 6.07) is 5.29. The molecule has 5 nitrogen and oxygen atoms in total. The number of nitriles is 1. The molecule has 6 heteroatoms. The van der Waals surface area contributed by atoms with Crippen LogP contribution in [-0.2, 0) is 0 Å². The third-order valence-corrected chi connectivity index (χ3v) is 2.10. The average Bonchev–Trinajstić information content (AvgIpc) is 2.59. The molecule has 0 saturated carbocycles. The van der Waals surface area contributed by atoms with E-state index in [0.717, 1.165) is 0 Å². The highest BCUT2D eigenvalue weighted by Gasteiger charge is 2.05. The lowest BCUT2D eigenvalue weighted by Crippen LogP contribution is -1.98. The maximum atomic E-state index is 8.59. The fraction of sp³-hybridized carbons (Fsp3) is 0. The van der Waals surface area contributed by atoms with Gasteiger partial charge in [0.1, 0.15) is 11.1 Å². The third-order valence-electron chi connectivity index (χ3n) is 1.81. The molecule has 2 rings (SSSR count). The van der Waals surface area contributed by atoms with Gasteiger partial charge in [0.25, 0.3) is 0 Å². The monoisotopic (exact) mass is 219 g/mol. The van der Waals surface area contributed by atoms with Crippen LogP contribution < -0.4 is 5.73 Å². The Morgan fingerprint density at radius 2 is 2.27 bits per heavy atom. The van der Waals surface area contributed by atoms with Gasteiger partial charge in [0.15, 0.2) is 11.6 Å². The predicted octanol–water partition coefficient (Wildman–Crippen LogP) is 1.37. The van der Waals surface area contributed by atoms with E-state index in [1.807, 2.05) is 6.07 Å². The standard InChI is InChI=1S/C9H6ClN5/c10-7-5-15(14-9(7)12)8-2-1-6(3-11)4-13-8/h1-2,4-5H,(H2,12,14).